The zero-order chi connectivity index (χ0) is 17.7. The van der Waals surface area contributed by atoms with Crippen molar-refractivity contribution in [2.24, 2.45) is 0 Å². The molecule has 4 aliphatic rings. The first-order chi connectivity index (χ1) is 11.5. The lowest BCUT2D eigenvalue weighted by Gasteiger charge is -2.01. The zero-order valence-corrected chi connectivity index (χ0v) is 13.2. The van der Waals surface area contributed by atoms with Crippen LogP contribution < -0.4 is 0 Å². The maximum absolute atomic E-state index is 10.5. The molecule has 8 nitrogen and oxygen atoms in total. The Morgan fingerprint density at radius 1 is 0.833 bits per heavy atom. The van der Waals surface area contributed by atoms with Crippen LogP contribution in [0, 0.1) is 0 Å². The summed E-state index contributed by atoms with van der Waals surface area (Å²) in [5, 5.41) is 32.4. The van der Waals surface area contributed by atoms with Crippen molar-refractivity contribution >= 4 is 11.9 Å². The van der Waals surface area contributed by atoms with Gasteiger partial charge in [0.15, 0.2) is 12.2 Å². The predicted octanol–water partition coefficient (Wildman–Crippen LogP) is 0.787. The normalized spacial score (nSPS) is 25.4. The molecule has 2 unspecified atom stereocenters. The van der Waals surface area contributed by atoms with Crippen LogP contribution in [-0.4, -0.2) is 57.8 Å². The second-order valence-corrected chi connectivity index (χ2v) is 5.74. The number of hydrogen-bond donors (Lipinski definition) is 4. The summed E-state index contributed by atoms with van der Waals surface area (Å²) in [6.45, 7) is -0.250. The Hall–Kier alpha value is -2.06. The Morgan fingerprint density at radius 2 is 1.21 bits per heavy atom. The van der Waals surface area contributed by atoms with E-state index in [2.05, 4.69) is 0 Å². The Kier molecular flexibility index (Phi) is 6.22. The smallest absolute Gasteiger partial charge is 0.335 e. The Labute approximate surface area is 139 Å². The van der Waals surface area contributed by atoms with Gasteiger partial charge in [0.25, 0.3) is 0 Å². The fourth-order valence-electron chi connectivity index (χ4n) is 2.75. The Balaban J connectivity index is 0.000000143. The van der Waals surface area contributed by atoms with Crippen LogP contribution in [-0.2, 0) is 19.1 Å². The zero-order valence-electron chi connectivity index (χ0n) is 13.2. The monoisotopic (exact) mass is 342 g/mol. The average Bonchev–Trinajstić information content (AvgIpc) is 3.46. The van der Waals surface area contributed by atoms with Crippen LogP contribution in [0.2, 0.25) is 0 Å². The van der Waals surface area contributed by atoms with E-state index in [-0.39, 0.29) is 25.4 Å². The molecule has 0 amide bonds. The van der Waals surface area contributed by atoms with Gasteiger partial charge < -0.3 is 29.9 Å². The highest BCUT2D eigenvalue weighted by molar-refractivity contribution is 5.88. The van der Waals surface area contributed by atoms with Crippen molar-refractivity contribution in [1.29, 1.82) is 0 Å². The van der Waals surface area contributed by atoms with Crippen molar-refractivity contribution in [2.45, 2.75) is 50.7 Å². The van der Waals surface area contributed by atoms with Gasteiger partial charge in [-0.05, 0) is 38.5 Å². The van der Waals surface area contributed by atoms with E-state index >= 15 is 0 Å². The standard InChI is InChI=1S/2C7H8O3.C2H6O2/c2*8-7(9)4-2-1-3-5-6(4)10-5;3-1-2-4/h2*5H,1-3H2,(H,8,9);3-4H,1-2H2. The van der Waals surface area contributed by atoms with Crippen molar-refractivity contribution in [3.8, 4) is 0 Å². The summed E-state index contributed by atoms with van der Waals surface area (Å²) >= 11 is 0. The van der Waals surface area contributed by atoms with E-state index in [9.17, 15) is 9.59 Å². The molecule has 24 heavy (non-hydrogen) atoms. The number of ether oxygens (including phenoxy) is 2. The number of carboxylic acid groups (broad SMARTS) is 2. The number of epoxide rings is 2. The molecule has 2 heterocycles. The van der Waals surface area contributed by atoms with Gasteiger partial charge >= 0.3 is 11.9 Å². The van der Waals surface area contributed by atoms with E-state index in [0.717, 1.165) is 37.2 Å². The molecule has 0 aromatic heterocycles. The maximum atomic E-state index is 10.5. The van der Waals surface area contributed by atoms with Crippen molar-refractivity contribution in [1.82, 2.24) is 0 Å². The Bertz CT molecular complexity index is 512. The number of aliphatic hydroxyl groups is 2. The lowest BCUT2D eigenvalue weighted by atomic mass is 10.0. The summed E-state index contributed by atoms with van der Waals surface area (Å²) in [6, 6.07) is 0. The molecular weight excluding hydrogens is 320 g/mol. The van der Waals surface area contributed by atoms with Crippen LogP contribution in [0.15, 0.2) is 22.7 Å². The second kappa shape index (κ2) is 8.16. The molecule has 2 aliphatic heterocycles. The third-order valence-corrected chi connectivity index (χ3v) is 4.01. The summed E-state index contributed by atoms with van der Waals surface area (Å²) < 4.78 is 10.1. The number of fused-ring (bicyclic) bond motifs is 2. The van der Waals surface area contributed by atoms with Crippen LogP contribution >= 0.6 is 0 Å². The molecular formula is C16H22O8. The number of carboxylic acids is 2. The van der Waals surface area contributed by atoms with Crippen molar-refractivity contribution < 1.29 is 39.5 Å². The van der Waals surface area contributed by atoms with E-state index in [1.165, 1.54) is 0 Å². The molecule has 0 saturated carbocycles. The highest BCUT2D eigenvalue weighted by Gasteiger charge is 2.41. The number of hydrogen-bond acceptors (Lipinski definition) is 6. The number of carbonyl (C=O) groups is 2. The van der Waals surface area contributed by atoms with Gasteiger partial charge in [0, 0.05) is 0 Å². The highest BCUT2D eigenvalue weighted by Crippen LogP contribution is 2.41. The van der Waals surface area contributed by atoms with E-state index < -0.39 is 11.9 Å². The fraction of sp³-hybridized carbons (Fsp3) is 0.625. The quantitative estimate of drug-likeness (QED) is 0.552. The van der Waals surface area contributed by atoms with E-state index in [1.54, 1.807) is 0 Å². The first-order valence-corrected chi connectivity index (χ1v) is 7.97. The number of aliphatic hydroxyl groups excluding tert-OH is 2. The minimum absolute atomic E-state index is 0.125. The number of rotatable bonds is 3. The molecule has 4 rings (SSSR count). The molecule has 2 atom stereocenters. The molecule has 0 aromatic rings. The lowest BCUT2D eigenvalue weighted by Crippen LogP contribution is -2.05. The summed E-state index contributed by atoms with van der Waals surface area (Å²) in [7, 11) is 0. The van der Waals surface area contributed by atoms with Gasteiger partial charge in [0.05, 0.1) is 24.4 Å². The predicted molar refractivity (Wildman–Crippen MR) is 80.9 cm³/mol. The van der Waals surface area contributed by atoms with Crippen LogP contribution in [0.4, 0.5) is 0 Å². The van der Waals surface area contributed by atoms with E-state index in [4.69, 9.17) is 29.9 Å². The summed E-state index contributed by atoms with van der Waals surface area (Å²) in [4.78, 5) is 20.9. The molecule has 0 aromatic carbocycles. The second-order valence-electron chi connectivity index (χ2n) is 5.74. The fourth-order valence-corrected chi connectivity index (χ4v) is 2.75. The summed E-state index contributed by atoms with van der Waals surface area (Å²) in [5.41, 5.74) is 0.993. The molecule has 0 spiro atoms. The van der Waals surface area contributed by atoms with Gasteiger partial charge in [-0.15, -0.1) is 0 Å². The molecule has 134 valence electrons. The van der Waals surface area contributed by atoms with Crippen LogP contribution in [0.1, 0.15) is 38.5 Å². The van der Waals surface area contributed by atoms with Gasteiger partial charge in [0.1, 0.15) is 11.5 Å². The topological polar surface area (TPSA) is 140 Å². The minimum Gasteiger partial charge on any atom is -0.482 e. The molecule has 2 aliphatic carbocycles. The SMILES string of the molecule is O=C(O)C1=C2OC2CCC1.O=C(O)C1=C2OC2CCC1.OCCO. The van der Waals surface area contributed by atoms with Crippen molar-refractivity contribution in [3.63, 3.8) is 0 Å². The number of aliphatic carboxylic acids is 2. The molecule has 8 heteroatoms. The maximum Gasteiger partial charge on any atom is 0.335 e. The first kappa shape index (κ1) is 18.3. The molecule has 4 N–H and O–H groups in total. The van der Waals surface area contributed by atoms with E-state index in [0.29, 0.717) is 24.0 Å². The summed E-state index contributed by atoms with van der Waals surface area (Å²) in [6.07, 6.45) is 5.62. The van der Waals surface area contributed by atoms with Crippen LogP contribution in [0.5, 0.6) is 0 Å². The molecule has 0 radical (unpaired) electrons. The minimum atomic E-state index is -0.808. The first-order valence-electron chi connectivity index (χ1n) is 7.97. The highest BCUT2D eigenvalue weighted by atomic mass is 16.6. The van der Waals surface area contributed by atoms with Crippen molar-refractivity contribution in [2.75, 3.05) is 13.2 Å². The van der Waals surface area contributed by atoms with Gasteiger partial charge in [-0.1, -0.05) is 0 Å². The van der Waals surface area contributed by atoms with Crippen molar-refractivity contribution in [3.05, 3.63) is 22.7 Å². The lowest BCUT2D eigenvalue weighted by molar-refractivity contribution is -0.133. The van der Waals surface area contributed by atoms with Crippen LogP contribution in [0.25, 0.3) is 0 Å². The van der Waals surface area contributed by atoms with Gasteiger partial charge in [0.2, 0.25) is 0 Å². The molecule has 2 fully saturated rings. The van der Waals surface area contributed by atoms with Gasteiger partial charge in [-0.2, -0.15) is 0 Å². The third kappa shape index (κ3) is 4.72. The van der Waals surface area contributed by atoms with Crippen LogP contribution in [0.3, 0.4) is 0 Å². The summed E-state index contributed by atoms with van der Waals surface area (Å²) in [5.74, 6) is -0.146. The molecule has 0 bridgehead atoms. The van der Waals surface area contributed by atoms with E-state index in [1.807, 2.05) is 0 Å². The Morgan fingerprint density at radius 3 is 1.46 bits per heavy atom. The molecule has 2 saturated heterocycles. The average molecular weight is 342 g/mol. The van der Waals surface area contributed by atoms with Gasteiger partial charge in [-0.3, -0.25) is 0 Å². The van der Waals surface area contributed by atoms with Gasteiger partial charge in [-0.25, -0.2) is 9.59 Å². The largest absolute Gasteiger partial charge is 0.482 e. The third-order valence-electron chi connectivity index (χ3n) is 4.01.